The van der Waals surface area contributed by atoms with E-state index < -0.39 is 5.79 Å². The minimum Gasteiger partial charge on any atom is -0.377 e. The van der Waals surface area contributed by atoms with Gasteiger partial charge in [0, 0.05) is 13.0 Å². The Morgan fingerprint density at radius 3 is 2.48 bits per heavy atom. The lowest BCUT2D eigenvalue weighted by atomic mass is 10.0. The van der Waals surface area contributed by atoms with Gasteiger partial charge < -0.3 is 19.9 Å². The first-order valence-electron chi connectivity index (χ1n) is 7.76. The fourth-order valence-corrected chi connectivity index (χ4v) is 2.74. The molecule has 1 aliphatic rings. The largest absolute Gasteiger partial charge is 0.377 e. The third-order valence-corrected chi connectivity index (χ3v) is 3.61. The van der Waals surface area contributed by atoms with E-state index in [0.717, 1.165) is 19.3 Å². The molecule has 0 aromatic heterocycles. The molecule has 0 radical (unpaired) electrons. The fraction of sp³-hybridized carbons (Fsp3) is 0.647. The molecule has 1 aliphatic heterocycles. The van der Waals surface area contributed by atoms with Crippen LogP contribution in [0.25, 0.3) is 0 Å². The van der Waals surface area contributed by atoms with Crippen molar-refractivity contribution in [3.63, 3.8) is 0 Å². The van der Waals surface area contributed by atoms with Crippen LogP contribution in [0, 0.1) is 0 Å². The normalized spacial score (nSPS) is 24.9. The molecular weight excluding hydrogens is 266 g/mol. The molecule has 1 aromatic rings. The predicted octanol–water partition coefficient (Wildman–Crippen LogP) is 2.85. The Balaban J connectivity index is 1.71. The van der Waals surface area contributed by atoms with E-state index in [0.29, 0.717) is 19.8 Å². The van der Waals surface area contributed by atoms with Crippen LogP contribution in [0.1, 0.15) is 38.7 Å². The van der Waals surface area contributed by atoms with Crippen molar-refractivity contribution in [2.45, 2.75) is 57.7 Å². The van der Waals surface area contributed by atoms with Gasteiger partial charge in [-0.2, -0.15) is 0 Å². The van der Waals surface area contributed by atoms with Crippen LogP contribution in [-0.4, -0.2) is 31.1 Å². The maximum atomic E-state index is 5.96. The minimum absolute atomic E-state index is 0.182. The van der Waals surface area contributed by atoms with E-state index in [1.54, 1.807) is 0 Å². The smallest absolute Gasteiger partial charge is 0.163 e. The van der Waals surface area contributed by atoms with Gasteiger partial charge in [0.1, 0.15) is 0 Å². The molecule has 0 unspecified atom stereocenters. The van der Waals surface area contributed by atoms with Gasteiger partial charge >= 0.3 is 0 Å². The van der Waals surface area contributed by atoms with Gasteiger partial charge in [0.2, 0.25) is 0 Å². The number of benzene rings is 1. The first-order chi connectivity index (χ1) is 10.1. The number of hydrogen-bond donors (Lipinski definition) is 1. The summed E-state index contributed by atoms with van der Waals surface area (Å²) in [6.45, 7) is 5.93. The van der Waals surface area contributed by atoms with Gasteiger partial charge in [0.05, 0.1) is 18.8 Å². The second kappa shape index (κ2) is 7.90. The molecule has 4 heteroatoms. The van der Waals surface area contributed by atoms with Crippen molar-refractivity contribution in [1.29, 1.82) is 0 Å². The molecule has 1 saturated heterocycles. The topological polar surface area (TPSA) is 53.7 Å². The minimum atomic E-state index is -0.526. The second-order valence-electron chi connectivity index (χ2n) is 6.02. The maximum Gasteiger partial charge on any atom is 0.163 e. The van der Waals surface area contributed by atoms with E-state index in [9.17, 15) is 0 Å². The highest BCUT2D eigenvalue weighted by Crippen LogP contribution is 2.29. The Kier molecular flexibility index (Phi) is 6.18. The molecule has 1 aromatic carbocycles. The number of ether oxygens (including phenoxy) is 3. The zero-order chi connectivity index (χ0) is 15.1. The van der Waals surface area contributed by atoms with Crippen LogP contribution in [-0.2, 0) is 20.8 Å². The molecular formula is C17H27NO3. The third kappa shape index (κ3) is 5.75. The van der Waals surface area contributed by atoms with Crippen molar-refractivity contribution in [2.75, 3.05) is 13.2 Å². The molecule has 4 nitrogen and oxygen atoms in total. The number of nitrogens with two attached hydrogens (primary N) is 1. The first kappa shape index (κ1) is 16.4. The molecule has 0 amide bonds. The van der Waals surface area contributed by atoms with E-state index >= 15 is 0 Å². The lowest BCUT2D eigenvalue weighted by molar-refractivity contribution is -0.301. The standard InChI is InChI=1S/C17H27NO3/c1-17(2)20-15(8-10-18)12-16(21-17)9-11-19-13-14-6-4-3-5-7-14/h3-7,15-16H,8-13,18H2,1-2H3/t15-,16+/m1/s1. The molecule has 1 heterocycles. The van der Waals surface area contributed by atoms with Gasteiger partial charge in [-0.3, -0.25) is 0 Å². The van der Waals surface area contributed by atoms with Gasteiger partial charge in [0.15, 0.2) is 5.79 Å². The predicted molar refractivity (Wildman–Crippen MR) is 82.8 cm³/mol. The second-order valence-corrected chi connectivity index (χ2v) is 6.02. The molecule has 21 heavy (non-hydrogen) atoms. The van der Waals surface area contributed by atoms with E-state index in [1.807, 2.05) is 32.0 Å². The molecule has 0 aliphatic carbocycles. The third-order valence-electron chi connectivity index (χ3n) is 3.61. The fourth-order valence-electron chi connectivity index (χ4n) is 2.74. The van der Waals surface area contributed by atoms with Crippen LogP contribution < -0.4 is 5.73 Å². The van der Waals surface area contributed by atoms with Crippen LogP contribution in [0.5, 0.6) is 0 Å². The lowest BCUT2D eigenvalue weighted by Crippen LogP contribution is -2.45. The summed E-state index contributed by atoms with van der Waals surface area (Å²) in [6, 6.07) is 10.2. The van der Waals surface area contributed by atoms with Crippen molar-refractivity contribution in [2.24, 2.45) is 5.73 Å². The zero-order valence-corrected chi connectivity index (χ0v) is 13.1. The molecule has 118 valence electrons. The van der Waals surface area contributed by atoms with Crippen molar-refractivity contribution in [3.05, 3.63) is 35.9 Å². The maximum absolute atomic E-state index is 5.96. The summed E-state index contributed by atoms with van der Waals surface area (Å²) >= 11 is 0. The van der Waals surface area contributed by atoms with E-state index in [4.69, 9.17) is 19.9 Å². The van der Waals surface area contributed by atoms with Crippen molar-refractivity contribution in [3.8, 4) is 0 Å². The average molecular weight is 293 g/mol. The lowest BCUT2D eigenvalue weighted by Gasteiger charge is -2.41. The Labute approximate surface area is 127 Å². The Bertz CT molecular complexity index is 408. The highest BCUT2D eigenvalue weighted by Gasteiger charge is 2.34. The van der Waals surface area contributed by atoms with Crippen LogP contribution in [0.4, 0.5) is 0 Å². The summed E-state index contributed by atoms with van der Waals surface area (Å²) in [6.07, 6.45) is 3.04. The van der Waals surface area contributed by atoms with Crippen LogP contribution in [0.3, 0.4) is 0 Å². The van der Waals surface area contributed by atoms with Gasteiger partial charge in [-0.1, -0.05) is 30.3 Å². The van der Waals surface area contributed by atoms with E-state index in [-0.39, 0.29) is 12.2 Å². The van der Waals surface area contributed by atoms with Crippen molar-refractivity contribution >= 4 is 0 Å². The molecule has 2 atom stereocenters. The monoisotopic (exact) mass is 293 g/mol. The molecule has 0 spiro atoms. The molecule has 2 rings (SSSR count). The summed E-state index contributed by atoms with van der Waals surface area (Å²) < 4.78 is 17.6. The van der Waals surface area contributed by atoms with Crippen molar-refractivity contribution in [1.82, 2.24) is 0 Å². The zero-order valence-electron chi connectivity index (χ0n) is 13.1. The summed E-state index contributed by atoms with van der Waals surface area (Å²) in [5.41, 5.74) is 6.83. The van der Waals surface area contributed by atoms with E-state index in [1.165, 1.54) is 5.56 Å². The highest BCUT2D eigenvalue weighted by molar-refractivity contribution is 5.13. The molecule has 0 saturated carbocycles. The molecule has 1 fully saturated rings. The van der Waals surface area contributed by atoms with Gasteiger partial charge in [-0.25, -0.2) is 0 Å². The molecule has 0 bridgehead atoms. The van der Waals surface area contributed by atoms with Gasteiger partial charge in [-0.15, -0.1) is 0 Å². The quantitative estimate of drug-likeness (QED) is 0.785. The summed E-state index contributed by atoms with van der Waals surface area (Å²) in [4.78, 5) is 0. The number of rotatable bonds is 7. The first-order valence-corrected chi connectivity index (χ1v) is 7.76. The Morgan fingerprint density at radius 1 is 1.14 bits per heavy atom. The average Bonchev–Trinajstić information content (AvgIpc) is 2.43. The summed E-state index contributed by atoms with van der Waals surface area (Å²) in [5.74, 6) is -0.526. The summed E-state index contributed by atoms with van der Waals surface area (Å²) in [5, 5.41) is 0. The Morgan fingerprint density at radius 2 is 1.81 bits per heavy atom. The van der Waals surface area contributed by atoms with Gasteiger partial charge in [-0.05, 0) is 38.8 Å². The van der Waals surface area contributed by atoms with E-state index in [2.05, 4.69) is 12.1 Å². The SMILES string of the molecule is CC1(C)O[C@H](CCN)C[C@H](CCOCc2ccccc2)O1. The highest BCUT2D eigenvalue weighted by atomic mass is 16.7. The van der Waals surface area contributed by atoms with Crippen LogP contribution >= 0.6 is 0 Å². The van der Waals surface area contributed by atoms with Gasteiger partial charge in [0.25, 0.3) is 0 Å². The number of hydrogen-bond acceptors (Lipinski definition) is 4. The summed E-state index contributed by atoms with van der Waals surface area (Å²) in [7, 11) is 0. The molecule has 2 N–H and O–H groups in total. The van der Waals surface area contributed by atoms with Crippen LogP contribution in [0.2, 0.25) is 0 Å². The Hall–Kier alpha value is -0.940. The van der Waals surface area contributed by atoms with Crippen molar-refractivity contribution < 1.29 is 14.2 Å². The van der Waals surface area contributed by atoms with Crippen LogP contribution in [0.15, 0.2) is 30.3 Å².